The van der Waals surface area contributed by atoms with Crippen LogP contribution in [0.5, 0.6) is 5.88 Å². The lowest BCUT2D eigenvalue weighted by Gasteiger charge is -2.36. The van der Waals surface area contributed by atoms with E-state index in [9.17, 15) is 19.8 Å². The summed E-state index contributed by atoms with van der Waals surface area (Å²) in [5.41, 5.74) is -0.934. The van der Waals surface area contributed by atoms with Crippen molar-refractivity contribution in [2.75, 3.05) is 13.2 Å². The molecule has 6 atom stereocenters. The van der Waals surface area contributed by atoms with Gasteiger partial charge >= 0.3 is 11.9 Å². The molecule has 13 heteroatoms. The second kappa shape index (κ2) is 11.8. The molecule has 1 unspecified atom stereocenters. The normalized spacial score (nSPS) is 31.5. The number of carbonyl (C=O) groups is 2. The highest BCUT2D eigenvalue weighted by molar-refractivity contribution is 5.88. The Kier molecular flexibility index (Phi) is 8.48. The number of alkyl halides is 2. The number of fused-ring (bicyclic) bond motifs is 5. The van der Waals surface area contributed by atoms with Gasteiger partial charge in [-0.2, -0.15) is 8.78 Å². The molecule has 42 heavy (non-hydrogen) atoms. The monoisotopic (exact) mass is 590 g/mol. The summed E-state index contributed by atoms with van der Waals surface area (Å²) in [5, 5.41) is 23.6. The van der Waals surface area contributed by atoms with Gasteiger partial charge in [0.1, 0.15) is 12.1 Å². The average Bonchev–Trinajstić information content (AvgIpc) is 3.55. The number of aliphatic hydroxyl groups is 1. The smallest absolute Gasteiger partial charge is 0.326 e. The fraction of sp³-hybridized carbons (Fsp3) is 0.586. The number of carbonyl (C=O) groups excluding carboxylic acids is 1. The van der Waals surface area contributed by atoms with Crippen LogP contribution in [0.4, 0.5) is 8.78 Å². The summed E-state index contributed by atoms with van der Waals surface area (Å²) in [6.45, 7) is 4.98. The maximum atomic E-state index is 15.6. The zero-order chi connectivity index (χ0) is 30.2. The number of hydrogen-bond acceptors (Lipinski definition) is 9. The van der Waals surface area contributed by atoms with Crippen molar-refractivity contribution in [2.45, 2.75) is 89.2 Å². The van der Waals surface area contributed by atoms with Gasteiger partial charge in [0.05, 0.1) is 42.4 Å². The molecule has 1 aromatic heterocycles. The number of benzene rings is 1. The van der Waals surface area contributed by atoms with E-state index in [2.05, 4.69) is 15.3 Å². The van der Waals surface area contributed by atoms with Crippen LogP contribution in [-0.4, -0.2) is 86.9 Å². The van der Waals surface area contributed by atoms with Gasteiger partial charge in [0.25, 0.3) is 0 Å². The number of rotatable bonds is 1. The van der Waals surface area contributed by atoms with Gasteiger partial charge in [0.2, 0.25) is 18.2 Å². The standard InChI is InChI=1S/C29H36F2N4O7/c1-28(2,3)23-25(36)35-15-16(14-19(35)26(37)38)41-24-22(32-17-8-4-5-9-18(17)33-24)29(30,31)12-7-13-40-20-10-6-11-21(20)42-27(39)34-23/h4-5,7-9,12,16,19-21,23,27,34,39H,6,10-11,13-15H2,1-3H3,(H,37,38)/b12-7+/t16-,19+,20-,21-,23-,27?/m1/s1. The highest BCUT2D eigenvalue weighted by Crippen LogP contribution is 2.37. The minimum absolute atomic E-state index is 0.137. The second-order valence-electron chi connectivity index (χ2n) is 12.0. The van der Waals surface area contributed by atoms with Crippen LogP contribution in [0.15, 0.2) is 36.4 Å². The van der Waals surface area contributed by atoms with Crippen molar-refractivity contribution < 1.29 is 42.8 Å². The zero-order valence-corrected chi connectivity index (χ0v) is 23.7. The van der Waals surface area contributed by atoms with E-state index >= 15 is 8.78 Å². The molecule has 3 N–H and O–H groups in total. The van der Waals surface area contributed by atoms with Crippen molar-refractivity contribution >= 4 is 22.9 Å². The van der Waals surface area contributed by atoms with Crippen LogP contribution in [0.1, 0.15) is 52.1 Å². The van der Waals surface area contributed by atoms with Gasteiger partial charge in [-0.15, -0.1) is 0 Å². The lowest BCUT2D eigenvalue weighted by molar-refractivity contribution is -0.188. The number of halogens is 2. The summed E-state index contributed by atoms with van der Waals surface area (Å²) in [6.07, 6.45) is 0.0964. The molecule has 2 fully saturated rings. The van der Waals surface area contributed by atoms with Crippen molar-refractivity contribution in [1.82, 2.24) is 20.2 Å². The number of aliphatic carboxylic acids is 1. The van der Waals surface area contributed by atoms with Crippen LogP contribution >= 0.6 is 0 Å². The number of ether oxygens (including phenoxy) is 3. The Labute approximate surface area is 241 Å². The first-order chi connectivity index (χ1) is 19.8. The number of nitrogens with one attached hydrogen (secondary N) is 1. The summed E-state index contributed by atoms with van der Waals surface area (Å²) >= 11 is 0. The van der Waals surface area contributed by atoms with Crippen molar-refractivity contribution in [3.63, 3.8) is 0 Å². The number of carboxylic acid groups (broad SMARTS) is 1. The molecular weight excluding hydrogens is 554 g/mol. The van der Waals surface area contributed by atoms with Gasteiger partial charge in [-0.25, -0.2) is 14.8 Å². The molecule has 0 spiro atoms. The predicted molar refractivity (Wildman–Crippen MR) is 146 cm³/mol. The molecule has 228 valence electrons. The fourth-order valence-electron chi connectivity index (χ4n) is 5.70. The minimum Gasteiger partial charge on any atom is -0.480 e. The molecule has 2 aromatic rings. The predicted octanol–water partition coefficient (Wildman–Crippen LogP) is 2.96. The Bertz CT molecular complexity index is 1350. The van der Waals surface area contributed by atoms with Crippen molar-refractivity contribution in [2.24, 2.45) is 5.41 Å². The third kappa shape index (κ3) is 6.38. The first-order valence-corrected chi connectivity index (χ1v) is 14.1. The first-order valence-electron chi connectivity index (χ1n) is 14.1. The molecular formula is C29H36F2N4O7. The second-order valence-corrected chi connectivity index (χ2v) is 12.0. The van der Waals surface area contributed by atoms with Crippen molar-refractivity contribution in [1.29, 1.82) is 0 Å². The SMILES string of the molecule is CC(C)(C)[C@@H]1NC(O)O[C@@H]2CCC[C@H]2OC/C=C/C(F)(F)c2nc3ccccc3nc2O[C@@H]2C[C@@H](C(=O)O)N(C2)C1=O. The van der Waals surface area contributed by atoms with E-state index in [1.807, 2.05) is 0 Å². The molecule has 0 radical (unpaired) electrons. The van der Waals surface area contributed by atoms with E-state index in [1.54, 1.807) is 45.0 Å². The van der Waals surface area contributed by atoms with Gasteiger partial charge in [-0.3, -0.25) is 10.1 Å². The van der Waals surface area contributed by atoms with Crippen LogP contribution in [0.3, 0.4) is 0 Å². The topological polar surface area (TPSA) is 143 Å². The van der Waals surface area contributed by atoms with Gasteiger partial charge < -0.3 is 29.3 Å². The quantitative estimate of drug-likeness (QED) is 0.424. The van der Waals surface area contributed by atoms with E-state index in [1.165, 1.54) is 6.08 Å². The van der Waals surface area contributed by atoms with E-state index in [-0.39, 0.29) is 25.1 Å². The first kappa shape index (κ1) is 30.2. The molecule has 1 saturated heterocycles. The van der Waals surface area contributed by atoms with Crippen LogP contribution in [0.25, 0.3) is 11.0 Å². The Hall–Kier alpha value is -3.26. The van der Waals surface area contributed by atoms with Crippen LogP contribution in [0.2, 0.25) is 0 Å². The largest absolute Gasteiger partial charge is 0.480 e. The third-order valence-corrected chi connectivity index (χ3v) is 7.81. The van der Waals surface area contributed by atoms with Crippen LogP contribution in [0, 0.1) is 5.41 Å². The molecule has 1 aliphatic carbocycles. The maximum absolute atomic E-state index is 15.6. The van der Waals surface area contributed by atoms with Crippen molar-refractivity contribution in [3.8, 4) is 5.88 Å². The average molecular weight is 591 g/mol. The highest BCUT2D eigenvalue weighted by Gasteiger charge is 2.47. The number of aliphatic hydroxyl groups excluding tert-OH is 1. The molecule has 11 nitrogen and oxygen atoms in total. The molecule has 3 heterocycles. The molecule has 1 saturated carbocycles. The van der Waals surface area contributed by atoms with E-state index in [4.69, 9.17) is 14.2 Å². The zero-order valence-electron chi connectivity index (χ0n) is 23.7. The van der Waals surface area contributed by atoms with Crippen molar-refractivity contribution in [3.05, 3.63) is 42.1 Å². The lowest BCUT2D eigenvalue weighted by atomic mass is 9.85. The highest BCUT2D eigenvalue weighted by atomic mass is 19.3. The molecule has 3 aliphatic rings. The Balaban J connectivity index is 1.56. The fourth-order valence-corrected chi connectivity index (χ4v) is 5.70. The summed E-state index contributed by atoms with van der Waals surface area (Å²) in [4.78, 5) is 35.7. The Morgan fingerprint density at radius 1 is 1.14 bits per heavy atom. The summed E-state index contributed by atoms with van der Waals surface area (Å²) in [6, 6.07) is 4.16. The van der Waals surface area contributed by atoms with E-state index in [0.717, 1.165) is 11.3 Å². The number of carboxylic acids is 1. The summed E-state index contributed by atoms with van der Waals surface area (Å²) in [7, 11) is 0. The molecule has 5 rings (SSSR count). The third-order valence-electron chi connectivity index (χ3n) is 7.81. The van der Waals surface area contributed by atoms with Gasteiger partial charge in [0, 0.05) is 6.42 Å². The van der Waals surface area contributed by atoms with Gasteiger partial charge in [-0.05, 0) is 42.9 Å². The van der Waals surface area contributed by atoms with E-state index in [0.29, 0.717) is 24.4 Å². The maximum Gasteiger partial charge on any atom is 0.326 e. The van der Waals surface area contributed by atoms with Gasteiger partial charge in [0.15, 0.2) is 5.69 Å². The van der Waals surface area contributed by atoms with Crippen LogP contribution < -0.4 is 10.1 Å². The molecule has 1 aromatic carbocycles. The number of aromatic nitrogens is 2. The number of allylic oxidation sites excluding steroid dienone is 1. The van der Waals surface area contributed by atoms with Gasteiger partial charge in [-0.1, -0.05) is 39.0 Å². The molecule has 2 aliphatic heterocycles. The minimum atomic E-state index is -3.61. The summed E-state index contributed by atoms with van der Waals surface area (Å²) in [5.74, 6) is -5.92. The van der Waals surface area contributed by atoms with E-state index < -0.39 is 71.6 Å². The number of amides is 1. The van der Waals surface area contributed by atoms with Crippen LogP contribution in [-0.2, 0) is 25.0 Å². The molecule has 1 amide bonds. The summed E-state index contributed by atoms with van der Waals surface area (Å²) < 4.78 is 48.8. The Morgan fingerprint density at radius 2 is 1.83 bits per heavy atom. The lowest BCUT2D eigenvalue weighted by Crippen LogP contribution is -2.58. The molecule has 2 bridgehead atoms. The Morgan fingerprint density at radius 3 is 2.52 bits per heavy atom. The number of para-hydroxylation sites is 2. The number of hydrogen-bond donors (Lipinski definition) is 3. The number of nitrogens with zero attached hydrogens (tertiary/aromatic N) is 3.